The summed E-state index contributed by atoms with van der Waals surface area (Å²) in [5.41, 5.74) is 0.952. The Balaban J connectivity index is 2.91. The molecule has 1 aromatic rings. The zero-order valence-corrected chi connectivity index (χ0v) is 21.8. The molecule has 0 amide bonds. The minimum absolute atomic E-state index is 0.120. The fourth-order valence-electron chi connectivity index (χ4n) is 2.13. The molecule has 0 aromatic carbocycles. The van der Waals surface area contributed by atoms with Crippen molar-refractivity contribution in [2.24, 2.45) is 0 Å². The summed E-state index contributed by atoms with van der Waals surface area (Å²) < 4.78 is 15.4. The van der Waals surface area contributed by atoms with Gasteiger partial charge in [-0.1, -0.05) is 31.5 Å². The first-order valence-electron chi connectivity index (χ1n) is 10.7. The smallest absolute Gasteiger partial charge is 0.333 e. The van der Waals surface area contributed by atoms with Crippen LogP contribution in [0.2, 0.25) is 0 Å². The van der Waals surface area contributed by atoms with Crippen molar-refractivity contribution in [1.82, 2.24) is 15.0 Å². The van der Waals surface area contributed by atoms with Gasteiger partial charge in [-0.05, 0) is 20.8 Å². The molecule has 35 heavy (non-hydrogen) atoms. The van der Waals surface area contributed by atoms with Gasteiger partial charge in [0.1, 0.15) is 19.8 Å². The molecule has 1 heterocycles. The first kappa shape index (κ1) is 29.6. The minimum atomic E-state index is -0.473. The maximum absolute atomic E-state index is 11.6. The van der Waals surface area contributed by atoms with E-state index in [4.69, 9.17) is 14.2 Å². The SMILES string of the molecule is C=C(C)C(=O)OCCSc1nc(N(C)CCOC(=O)C(=C)C)nc(N(C)CCOC(=O)C(=C)C)n1. The van der Waals surface area contributed by atoms with Gasteiger partial charge >= 0.3 is 17.9 Å². The quantitative estimate of drug-likeness (QED) is 0.114. The fourth-order valence-corrected chi connectivity index (χ4v) is 2.77. The van der Waals surface area contributed by atoms with Crippen molar-refractivity contribution in [3.63, 3.8) is 0 Å². The lowest BCUT2D eigenvalue weighted by Gasteiger charge is -2.21. The summed E-state index contributed by atoms with van der Waals surface area (Å²) in [6.45, 7) is 16.4. The molecular formula is C23H33N5O6S. The van der Waals surface area contributed by atoms with E-state index < -0.39 is 17.9 Å². The van der Waals surface area contributed by atoms with E-state index in [0.29, 0.717) is 52.6 Å². The number of hydrogen-bond acceptors (Lipinski definition) is 12. The number of thioether (sulfide) groups is 1. The molecule has 11 nitrogen and oxygen atoms in total. The minimum Gasteiger partial charge on any atom is -0.461 e. The van der Waals surface area contributed by atoms with Gasteiger partial charge in [0.15, 0.2) is 5.16 Å². The molecule has 0 bridgehead atoms. The normalized spacial score (nSPS) is 10.2. The molecule has 12 heteroatoms. The molecule has 1 aromatic heterocycles. The van der Waals surface area contributed by atoms with Gasteiger partial charge in [-0.3, -0.25) is 0 Å². The van der Waals surface area contributed by atoms with Crippen LogP contribution < -0.4 is 9.80 Å². The first-order chi connectivity index (χ1) is 16.4. The number of likely N-dealkylation sites (N-methyl/N-ethyl adjacent to an activating group) is 2. The molecule has 0 N–H and O–H groups in total. The second-order valence-corrected chi connectivity index (χ2v) is 8.72. The molecule has 0 saturated heterocycles. The highest BCUT2D eigenvalue weighted by atomic mass is 32.2. The third kappa shape index (κ3) is 11.0. The van der Waals surface area contributed by atoms with Crippen molar-refractivity contribution < 1.29 is 28.6 Å². The van der Waals surface area contributed by atoms with Crippen LogP contribution in [0, 0.1) is 0 Å². The summed E-state index contributed by atoms with van der Waals surface area (Å²) in [7, 11) is 3.51. The largest absolute Gasteiger partial charge is 0.461 e. The van der Waals surface area contributed by atoms with E-state index in [-0.39, 0.29) is 19.8 Å². The first-order valence-corrected chi connectivity index (χ1v) is 11.7. The van der Waals surface area contributed by atoms with Crippen molar-refractivity contribution in [3.8, 4) is 0 Å². The maximum Gasteiger partial charge on any atom is 0.333 e. The van der Waals surface area contributed by atoms with Gasteiger partial charge < -0.3 is 24.0 Å². The number of carbonyl (C=O) groups is 3. The monoisotopic (exact) mass is 507 g/mol. The summed E-state index contributed by atoms with van der Waals surface area (Å²) in [6, 6.07) is 0. The van der Waals surface area contributed by atoms with Crippen LogP contribution in [-0.4, -0.2) is 85.6 Å². The summed E-state index contributed by atoms with van der Waals surface area (Å²) in [5, 5.41) is 0.410. The van der Waals surface area contributed by atoms with E-state index in [2.05, 4.69) is 34.7 Å². The van der Waals surface area contributed by atoms with Crippen LogP contribution in [0.3, 0.4) is 0 Å². The molecule has 0 spiro atoms. The second-order valence-electron chi connectivity index (χ2n) is 7.66. The number of esters is 3. The average Bonchev–Trinajstić information content (AvgIpc) is 2.80. The molecule has 1 rings (SSSR count). The molecule has 0 fully saturated rings. The number of hydrogen-bond donors (Lipinski definition) is 0. The highest BCUT2D eigenvalue weighted by Gasteiger charge is 2.15. The molecule has 0 radical (unpaired) electrons. The number of ether oxygens (including phenoxy) is 3. The van der Waals surface area contributed by atoms with Crippen LogP contribution in [0.4, 0.5) is 11.9 Å². The van der Waals surface area contributed by atoms with Crippen molar-refractivity contribution in [1.29, 1.82) is 0 Å². The van der Waals surface area contributed by atoms with Crippen molar-refractivity contribution >= 4 is 41.6 Å². The van der Waals surface area contributed by atoms with Crippen LogP contribution >= 0.6 is 11.8 Å². The lowest BCUT2D eigenvalue weighted by atomic mass is 10.4. The number of aromatic nitrogens is 3. The fraction of sp³-hybridized carbons (Fsp3) is 0.478. The standard InChI is InChI=1S/C23H33N5O6S/c1-15(2)18(29)32-11-9-27(7)21-24-22(28(8)10-12-33-19(30)16(3)4)26-23(25-21)35-14-13-34-20(31)17(5)6/h1,3,5,9-14H2,2,4,6-8H3. The average molecular weight is 508 g/mol. The van der Waals surface area contributed by atoms with Crippen molar-refractivity contribution in [2.45, 2.75) is 25.9 Å². The third-order valence-corrected chi connectivity index (χ3v) is 5.00. The Morgan fingerprint density at radius 1 is 0.714 bits per heavy atom. The third-order valence-electron chi connectivity index (χ3n) is 4.19. The summed E-state index contributed by atoms with van der Waals surface area (Å²) in [4.78, 5) is 51.6. The van der Waals surface area contributed by atoms with E-state index in [1.807, 2.05) is 0 Å². The van der Waals surface area contributed by atoms with E-state index in [1.54, 1.807) is 44.7 Å². The Labute approximate surface area is 210 Å². The van der Waals surface area contributed by atoms with Gasteiger partial charge in [0.05, 0.1) is 13.1 Å². The number of rotatable bonds is 15. The van der Waals surface area contributed by atoms with Gasteiger partial charge in [0.25, 0.3) is 0 Å². The number of anilines is 2. The highest BCUT2D eigenvalue weighted by molar-refractivity contribution is 7.99. The Bertz CT molecular complexity index is 911. The maximum atomic E-state index is 11.6. The lowest BCUT2D eigenvalue weighted by Crippen LogP contribution is -2.29. The van der Waals surface area contributed by atoms with Crippen LogP contribution in [0.15, 0.2) is 41.6 Å². The number of carbonyl (C=O) groups excluding carboxylic acids is 3. The summed E-state index contributed by atoms with van der Waals surface area (Å²) in [6.07, 6.45) is 0. The van der Waals surface area contributed by atoms with E-state index >= 15 is 0 Å². The Morgan fingerprint density at radius 3 is 1.46 bits per heavy atom. The summed E-state index contributed by atoms with van der Waals surface area (Å²) in [5.74, 6) is -0.279. The zero-order chi connectivity index (χ0) is 26.5. The molecule has 192 valence electrons. The van der Waals surface area contributed by atoms with Crippen molar-refractivity contribution in [3.05, 3.63) is 36.5 Å². The van der Waals surface area contributed by atoms with Crippen molar-refractivity contribution in [2.75, 3.05) is 62.6 Å². The molecule has 0 atom stereocenters. The topological polar surface area (TPSA) is 124 Å². The summed E-state index contributed by atoms with van der Waals surface area (Å²) >= 11 is 1.29. The van der Waals surface area contributed by atoms with Gasteiger partial charge in [-0.2, -0.15) is 15.0 Å². The Kier molecular flexibility index (Phi) is 12.5. The molecular weight excluding hydrogens is 474 g/mol. The predicted octanol–water partition coefficient (Wildman–Crippen LogP) is 2.19. The van der Waals surface area contributed by atoms with Gasteiger partial charge in [0.2, 0.25) is 11.9 Å². The Morgan fingerprint density at radius 2 is 1.09 bits per heavy atom. The van der Waals surface area contributed by atoms with Crippen LogP contribution in [-0.2, 0) is 28.6 Å². The van der Waals surface area contributed by atoms with Crippen LogP contribution in [0.1, 0.15) is 20.8 Å². The number of nitrogens with zero attached hydrogens (tertiary/aromatic N) is 5. The molecule has 0 aliphatic rings. The van der Waals surface area contributed by atoms with Gasteiger partial charge in [-0.15, -0.1) is 0 Å². The lowest BCUT2D eigenvalue weighted by molar-refractivity contribution is -0.139. The molecule has 0 aliphatic carbocycles. The van der Waals surface area contributed by atoms with E-state index in [9.17, 15) is 14.4 Å². The molecule has 0 aliphatic heterocycles. The van der Waals surface area contributed by atoms with Gasteiger partial charge in [0, 0.05) is 36.6 Å². The van der Waals surface area contributed by atoms with E-state index in [1.165, 1.54) is 11.8 Å². The predicted molar refractivity (Wildman–Crippen MR) is 134 cm³/mol. The molecule has 0 unspecified atom stereocenters. The zero-order valence-electron chi connectivity index (χ0n) is 21.0. The van der Waals surface area contributed by atoms with Crippen LogP contribution in [0.25, 0.3) is 0 Å². The van der Waals surface area contributed by atoms with E-state index in [0.717, 1.165) is 0 Å². The van der Waals surface area contributed by atoms with Crippen LogP contribution in [0.5, 0.6) is 0 Å². The highest BCUT2D eigenvalue weighted by Crippen LogP contribution is 2.20. The second kappa shape index (κ2) is 14.8. The van der Waals surface area contributed by atoms with Gasteiger partial charge in [-0.25, -0.2) is 14.4 Å². The molecule has 0 saturated carbocycles. The Hall–Kier alpha value is -3.41.